The van der Waals surface area contributed by atoms with Crippen LogP contribution in [0.25, 0.3) is 5.52 Å². The maximum atomic E-state index is 4.44. The first kappa shape index (κ1) is 11.1. The van der Waals surface area contributed by atoms with Crippen LogP contribution in [-0.2, 0) is 0 Å². The molecule has 0 aromatic carbocycles. The first-order valence-corrected chi connectivity index (χ1v) is 5.85. The van der Waals surface area contributed by atoms with Gasteiger partial charge in [0.05, 0.1) is 11.7 Å². The number of aromatic nitrogens is 3. The molecule has 0 fully saturated rings. The molecule has 2 rings (SSSR count). The number of fused-ring (bicyclic) bond motifs is 1. The van der Waals surface area contributed by atoms with Gasteiger partial charge in [0, 0.05) is 11.8 Å². The first-order chi connectivity index (χ1) is 7.52. The molecule has 2 aromatic heterocycles. The molecule has 0 aliphatic rings. The first-order valence-electron chi connectivity index (χ1n) is 5.85. The van der Waals surface area contributed by atoms with Crippen LogP contribution in [0.4, 0.5) is 0 Å². The third-order valence-electron chi connectivity index (χ3n) is 3.01. The van der Waals surface area contributed by atoms with E-state index in [1.54, 1.807) is 0 Å². The summed E-state index contributed by atoms with van der Waals surface area (Å²) in [5.74, 6) is 1.92. The van der Waals surface area contributed by atoms with Crippen molar-refractivity contribution >= 4 is 5.52 Å². The van der Waals surface area contributed by atoms with E-state index in [0.29, 0.717) is 11.8 Å². The van der Waals surface area contributed by atoms with Crippen molar-refractivity contribution in [2.24, 2.45) is 0 Å². The van der Waals surface area contributed by atoms with E-state index >= 15 is 0 Å². The van der Waals surface area contributed by atoms with Crippen molar-refractivity contribution in [1.82, 2.24) is 14.6 Å². The van der Waals surface area contributed by atoms with Crippen LogP contribution in [0.1, 0.15) is 56.5 Å². The fraction of sp³-hybridized carbons (Fsp3) is 0.538. The van der Waals surface area contributed by atoms with Crippen LogP contribution in [0.15, 0.2) is 12.4 Å². The van der Waals surface area contributed by atoms with Gasteiger partial charge in [-0.25, -0.2) is 9.50 Å². The van der Waals surface area contributed by atoms with Crippen molar-refractivity contribution in [2.45, 2.75) is 46.5 Å². The highest BCUT2D eigenvalue weighted by molar-refractivity contribution is 5.62. The summed E-state index contributed by atoms with van der Waals surface area (Å²) < 4.78 is 1.96. The van der Waals surface area contributed by atoms with E-state index < -0.39 is 0 Å². The largest absolute Gasteiger partial charge is 0.241 e. The zero-order valence-corrected chi connectivity index (χ0v) is 10.7. The predicted molar refractivity (Wildman–Crippen MR) is 65.9 cm³/mol. The molecule has 0 radical (unpaired) electrons. The Morgan fingerprint density at radius 3 is 2.12 bits per heavy atom. The van der Waals surface area contributed by atoms with Crippen molar-refractivity contribution in [2.75, 3.05) is 0 Å². The summed E-state index contributed by atoms with van der Waals surface area (Å²) in [6, 6.07) is 0. The number of hydrogen-bond donors (Lipinski definition) is 0. The lowest BCUT2D eigenvalue weighted by Gasteiger charge is -2.11. The minimum absolute atomic E-state index is 0.477. The Labute approximate surface area is 96.5 Å². The zero-order valence-electron chi connectivity index (χ0n) is 10.7. The van der Waals surface area contributed by atoms with Crippen molar-refractivity contribution in [1.29, 1.82) is 0 Å². The zero-order chi connectivity index (χ0) is 11.9. The van der Waals surface area contributed by atoms with Crippen LogP contribution in [0, 0.1) is 6.92 Å². The number of nitrogens with zero attached hydrogens (tertiary/aromatic N) is 3. The Morgan fingerprint density at radius 2 is 1.56 bits per heavy atom. The Hall–Kier alpha value is -1.38. The average Bonchev–Trinajstić information content (AvgIpc) is 2.62. The van der Waals surface area contributed by atoms with E-state index in [1.165, 1.54) is 16.6 Å². The minimum Gasteiger partial charge on any atom is -0.241 e. The van der Waals surface area contributed by atoms with Gasteiger partial charge in [-0.2, -0.15) is 5.10 Å². The van der Waals surface area contributed by atoms with Gasteiger partial charge in [-0.3, -0.25) is 0 Å². The number of hydrogen-bond acceptors (Lipinski definition) is 2. The molecule has 2 heterocycles. The maximum absolute atomic E-state index is 4.44. The van der Waals surface area contributed by atoms with Crippen LogP contribution < -0.4 is 0 Å². The Kier molecular flexibility index (Phi) is 2.70. The van der Waals surface area contributed by atoms with E-state index in [9.17, 15) is 0 Å². The van der Waals surface area contributed by atoms with E-state index in [2.05, 4.69) is 37.8 Å². The average molecular weight is 217 g/mol. The SMILES string of the molecule is Cc1ncc(C(C)C)c2c(C(C)C)cnn12. The van der Waals surface area contributed by atoms with E-state index in [1.807, 2.05) is 23.8 Å². The second-order valence-electron chi connectivity index (χ2n) is 4.93. The van der Waals surface area contributed by atoms with Gasteiger partial charge in [0.25, 0.3) is 0 Å². The Morgan fingerprint density at radius 1 is 1.00 bits per heavy atom. The Bertz CT molecular complexity index is 509. The number of aryl methyl sites for hydroxylation is 1. The lowest BCUT2D eigenvalue weighted by atomic mass is 9.98. The van der Waals surface area contributed by atoms with Gasteiger partial charge in [0.1, 0.15) is 5.82 Å². The van der Waals surface area contributed by atoms with E-state index in [4.69, 9.17) is 0 Å². The van der Waals surface area contributed by atoms with Gasteiger partial charge in [0.15, 0.2) is 0 Å². The highest BCUT2D eigenvalue weighted by Crippen LogP contribution is 2.27. The highest BCUT2D eigenvalue weighted by atomic mass is 15.2. The monoisotopic (exact) mass is 217 g/mol. The van der Waals surface area contributed by atoms with Crippen molar-refractivity contribution in [3.8, 4) is 0 Å². The van der Waals surface area contributed by atoms with Crippen LogP contribution in [0.3, 0.4) is 0 Å². The van der Waals surface area contributed by atoms with Crippen molar-refractivity contribution in [3.05, 3.63) is 29.3 Å². The Balaban J connectivity index is 2.81. The molecule has 0 amide bonds. The van der Waals surface area contributed by atoms with Crippen LogP contribution in [0.2, 0.25) is 0 Å². The summed E-state index contributed by atoms with van der Waals surface area (Å²) in [4.78, 5) is 4.40. The summed E-state index contributed by atoms with van der Waals surface area (Å²) in [5.41, 5.74) is 3.85. The van der Waals surface area contributed by atoms with Gasteiger partial charge in [-0.15, -0.1) is 0 Å². The highest BCUT2D eigenvalue weighted by Gasteiger charge is 2.15. The third kappa shape index (κ3) is 1.60. The van der Waals surface area contributed by atoms with Crippen molar-refractivity contribution < 1.29 is 0 Å². The van der Waals surface area contributed by atoms with Gasteiger partial charge in [0.2, 0.25) is 0 Å². The summed E-state index contributed by atoms with van der Waals surface area (Å²) >= 11 is 0. The summed E-state index contributed by atoms with van der Waals surface area (Å²) in [6.45, 7) is 10.8. The summed E-state index contributed by atoms with van der Waals surface area (Å²) in [6.07, 6.45) is 3.96. The lowest BCUT2D eigenvalue weighted by molar-refractivity contribution is 0.804. The second kappa shape index (κ2) is 3.89. The molecule has 0 atom stereocenters. The van der Waals surface area contributed by atoms with Crippen molar-refractivity contribution in [3.63, 3.8) is 0 Å². The lowest BCUT2D eigenvalue weighted by Crippen LogP contribution is -2.03. The molecule has 16 heavy (non-hydrogen) atoms. The topological polar surface area (TPSA) is 30.2 Å². The molecule has 86 valence electrons. The van der Waals surface area contributed by atoms with Gasteiger partial charge >= 0.3 is 0 Å². The molecular formula is C13H19N3. The molecule has 2 aromatic rings. The molecule has 0 N–H and O–H groups in total. The quantitative estimate of drug-likeness (QED) is 0.772. The molecular weight excluding hydrogens is 198 g/mol. The maximum Gasteiger partial charge on any atom is 0.127 e. The molecule has 3 heteroatoms. The van der Waals surface area contributed by atoms with Crippen LogP contribution >= 0.6 is 0 Å². The second-order valence-corrected chi connectivity index (χ2v) is 4.93. The minimum atomic E-state index is 0.477. The smallest absolute Gasteiger partial charge is 0.127 e. The standard InChI is InChI=1S/C13H19N3/c1-8(2)11-6-14-10(5)16-13(11)12(7-15-16)9(3)4/h6-9H,1-5H3. The third-order valence-corrected chi connectivity index (χ3v) is 3.01. The molecule has 0 bridgehead atoms. The molecule has 0 spiro atoms. The predicted octanol–water partition coefficient (Wildman–Crippen LogP) is 3.28. The van der Waals surface area contributed by atoms with Gasteiger partial charge in [-0.1, -0.05) is 27.7 Å². The molecule has 0 aliphatic carbocycles. The molecule has 0 aliphatic heterocycles. The molecule has 0 unspecified atom stereocenters. The van der Waals surface area contributed by atoms with E-state index in [-0.39, 0.29) is 0 Å². The fourth-order valence-corrected chi connectivity index (χ4v) is 2.02. The van der Waals surface area contributed by atoms with E-state index in [0.717, 1.165) is 5.82 Å². The molecule has 0 saturated carbocycles. The normalized spacial score (nSPS) is 11.9. The van der Waals surface area contributed by atoms with Crippen LogP contribution in [-0.4, -0.2) is 14.6 Å². The molecule has 3 nitrogen and oxygen atoms in total. The van der Waals surface area contributed by atoms with Gasteiger partial charge in [-0.05, 0) is 24.3 Å². The van der Waals surface area contributed by atoms with Crippen LogP contribution in [0.5, 0.6) is 0 Å². The number of rotatable bonds is 2. The fourth-order valence-electron chi connectivity index (χ4n) is 2.02. The molecule has 0 saturated heterocycles. The van der Waals surface area contributed by atoms with Gasteiger partial charge < -0.3 is 0 Å². The summed E-state index contributed by atoms with van der Waals surface area (Å²) in [5, 5.41) is 4.44. The summed E-state index contributed by atoms with van der Waals surface area (Å²) in [7, 11) is 0.